The average molecular weight is 645 g/mol. The van der Waals surface area contributed by atoms with Crippen molar-refractivity contribution in [3.8, 4) is 11.5 Å². The molecule has 0 spiro atoms. The monoisotopic (exact) mass is 644 g/mol. The van der Waals surface area contributed by atoms with Crippen LogP contribution in [-0.2, 0) is 33.6 Å². The molecule has 5 rings (SSSR count). The van der Waals surface area contributed by atoms with E-state index in [4.69, 9.17) is 9.47 Å². The zero-order chi connectivity index (χ0) is 33.3. The van der Waals surface area contributed by atoms with Crippen molar-refractivity contribution in [2.24, 2.45) is 0 Å². The van der Waals surface area contributed by atoms with E-state index in [0.717, 1.165) is 27.7 Å². The molecule has 2 aromatic heterocycles. The molecular formula is C34H40N6O7. The number of aryl methyl sites for hydroxylation is 1. The molecule has 0 radical (unpaired) electrons. The fraction of sp³-hybridized carbons (Fsp3) is 0.382. The zero-order valence-corrected chi connectivity index (χ0v) is 26.5. The van der Waals surface area contributed by atoms with Crippen molar-refractivity contribution in [2.75, 3.05) is 33.4 Å². The smallest absolute Gasteiger partial charge is 0.264 e. The number of aromatic nitrogens is 3. The Bertz CT molecular complexity index is 1760. The lowest BCUT2D eigenvalue weighted by Gasteiger charge is -2.25. The van der Waals surface area contributed by atoms with Gasteiger partial charge >= 0.3 is 0 Å². The predicted molar refractivity (Wildman–Crippen MR) is 174 cm³/mol. The van der Waals surface area contributed by atoms with E-state index in [0.29, 0.717) is 36.5 Å². The number of carbonyl (C=O) groups excluding carboxylic acids is 3. The lowest BCUT2D eigenvalue weighted by molar-refractivity contribution is -0.137. The molecule has 0 aliphatic carbocycles. The number of aliphatic hydroxyl groups excluding tert-OH is 1. The van der Waals surface area contributed by atoms with E-state index in [2.05, 4.69) is 25.8 Å². The molecule has 2 bridgehead atoms. The lowest BCUT2D eigenvalue weighted by atomic mass is 10.0. The molecule has 3 heterocycles. The summed E-state index contributed by atoms with van der Waals surface area (Å²) in [6.07, 6.45) is 0.606. The van der Waals surface area contributed by atoms with E-state index in [1.807, 2.05) is 42.5 Å². The third-order valence-electron chi connectivity index (χ3n) is 8.12. The van der Waals surface area contributed by atoms with Crippen molar-refractivity contribution in [3.05, 3.63) is 87.5 Å². The Morgan fingerprint density at radius 2 is 1.98 bits per heavy atom. The molecule has 2 atom stereocenters. The van der Waals surface area contributed by atoms with E-state index in [1.54, 1.807) is 13.2 Å². The zero-order valence-electron chi connectivity index (χ0n) is 26.5. The fourth-order valence-corrected chi connectivity index (χ4v) is 5.69. The summed E-state index contributed by atoms with van der Waals surface area (Å²) < 4.78 is 11.7. The molecule has 47 heavy (non-hydrogen) atoms. The standard InChI is InChI=1S/C34H40N6O7/c1-21(41)33-34(45)35-15-14-25-24-6-3-4-7-26(24)36-27(25)18-22-8-11-28(46-2)29(19-22)47-17-5-16-40(20-31(43)37-33)32(44)13-10-23-9-12-30(42)39-38-23/h3-4,6-9,11-12,19,21,33,36,41H,5,10,13-18,20H2,1-2H3,(H,35,45)(H,37,43)(H,39,42)/t21-,33+/m1/s1. The first-order chi connectivity index (χ1) is 22.7. The number of aliphatic hydroxyl groups is 1. The summed E-state index contributed by atoms with van der Waals surface area (Å²) in [4.78, 5) is 55.9. The highest BCUT2D eigenvalue weighted by Gasteiger charge is 2.27. The summed E-state index contributed by atoms with van der Waals surface area (Å²) in [5.74, 6) is -0.293. The number of benzene rings is 2. The quantitative estimate of drug-likeness (QED) is 0.218. The van der Waals surface area contributed by atoms with Gasteiger partial charge in [0.25, 0.3) is 5.56 Å². The summed E-state index contributed by atoms with van der Waals surface area (Å²) in [7, 11) is 1.57. The Morgan fingerprint density at radius 1 is 1.15 bits per heavy atom. The number of nitrogens with one attached hydrogen (secondary N) is 4. The maximum atomic E-state index is 13.3. The van der Waals surface area contributed by atoms with Crippen LogP contribution in [0.4, 0.5) is 0 Å². The van der Waals surface area contributed by atoms with E-state index in [1.165, 1.54) is 17.9 Å². The Balaban J connectivity index is 1.39. The number of hydrogen-bond donors (Lipinski definition) is 5. The molecule has 0 unspecified atom stereocenters. The second-order valence-corrected chi connectivity index (χ2v) is 11.5. The predicted octanol–water partition coefficient (Wildman–Crippen LogP) is 1.62. The summed E-state index contributed by atoms with van der Waals surface area (Å²) >= 11 is 0. The van der Waals surface area contributed by atoms with Gasteiger partial charge in [-0.25, -0.2) is 5.10 Å². The van der Waals surface area contributed by atoms with Gasteiger partial charge in [0.2, 0.25) is 17.7 Å². The number of aromatic amines is 2. The van der Waals surface area contributed by atoms with Crippen molar-refractivity contribution in [1.82, 2.24) is 30.7 Å². The van der Waals surface area contributed by atoms with E-state index in [-0.39, 0.29) is 50.5 Å². The number of H-pyrrole nitrogens is 2. The summed E-state index contributed by atoms with van der Waals surface area (Å²) in [6.45, 7) is 1.80. The van der Waals surface area contributed by atoms with E-state index < -0.39 is 24.0 Å². The van der Waals surface area contributed by atoms with E-state index in [9.17, 15) is 24.3 Å². The molecule has 13 nitrogen and oxygen atoms in total. The van der Waals surface area contributed by atoms with Gasteiger partial charge in [-0.1, -0.05) is 24.3 Å². The second kappa shape index (κ2) is 15.4. The minimum absolute atomic E-state index is 0.0399. The number of para-hydroxylation sites is 1. The number of carbonyl (C=O) groups is 3. The van der Waals surface area contributed by atoms with Crippen molar-refractivity contribution < 1.29 is 29.0 Å². The molecule has 248 valence electrons. The molecule has 0 saturated carbocycles. The molecule has 0 fully saturated rings. The first-order valence-electron chi connectivity index (χ1n) is 15.7. The largest absolute Gasteiger partial charge is 0.493 e. The molecule has 13 heteroatoms. The molecule has 1 aliphatic heterocycles. The number of fused-ring (bicyclic) bond motifs is 5. The normalized spacial score (nSPS) is 17.3. The fourth-order valence-electron chi connectivity index (χ4n) is 5.69. The number of amides is 3. The maximum absolute atomic E-state index is 13.3. The van der Waals surface area contributed by atoms with Gasteiger partial charge in [-0.3, -0.25) is 19.2 Å². The molecule has 3 amide bonds. The van der Waals surface area contributed by atoms with Crippen molar-refractivity contribution in [1.29, 1.82) is 0 Å². The van der Waals surface area contributed by atoms with Gasteiger partial charge in [0.1, 0.15) is 6.04 Å². The number of rotatable bonds is 5. The van der Waals surface area contributed by atoms with Crippen LogP contribution in [0.15, 0.2) is 59.4 Å². The summed E-state index contributed by atoms with van der Waals surface area (Å²) in [6, 6.07) is 15.4. The molecule has 5 N–H and O–H groups in total. The molecule has 2 aromatic carbocycles. The Morgan fingerprint density at radius 3 is 2.74 bits per heavy atom. The van der Waals surface area contributed by atoms with Gasteiger partial charge in [0.15, 0.2) is 11.5 Å². The van der Waals surface area contributed by atoms with E-state index >= 15 is 0 Å². The van der Waals surface area contributed by atoms with Gasteiger partial charge in [0, 0.05) is 55.0 Å². The highest BCUT2D eigenvalue weighted by atomic mass is 16.5. The maximum Gasteiger partial charge on any atom is 0.264 e. The first kappa shape index (κ1) is 33.2. The highest BCUT2D eigenvalue weighted by molar-refractivity contribution is 5.90. The molecule has 1 aliphatic rings. The van der Waals surface area contributed by atoms with Crippen molar-refractivity contribution in [2.45, 2.75) is 51.2 Å². The van der Waals surface area contributed by atoms with Crippen LogP contribution in [0, 0.1) is 0 Å². The number of methoxy groups -OCH3 is 1. The second-order valence-electron chi connectivity index (χ2n) is 11.5. The molecular weight excluding hydrogens is 604 g/mol. The average Bonchev–Trinajstić information content (AvgIpc) is 3.40. The van der Waals surface area contributed by atoms with Crippen LogP contribution in [0.2, 0.25) is 0 Å². The number of nitrogens with zero attached hydrogens (tertiary/aromatic N) is 2. The molecule has 4 aromatic rings. The third kappa shape index (κ3) is 8.55. The number of hydrogen-bond acceptors (Lipinski definition) is 8. The highest BCUT2D eigenvalue weighted by Crippen LogP contribution is 2.31. The van der Waals surface area contributed by atoms with Crippen LogP contribution in [-0.4, -0.2) is 88.4 Å². The van der Waals surface area contributed by atoms with Gasteiger partial charge in [0.05, 0.1) is 32.1 Å². The van der Waals surface area contributed by atoms with Crippen LogP contribution in [0.1, 0.15) is 42.3 Å². The minimum Gasteiger partial charge on any atom is -0.493 e. The summed E-state index contributed by atoms with van der Waals surface area (Å²) in [5, 5.41) is 23.2. The number of ether oxygens (including phenoxy) is 2. The van der Waals surface area contributed by atoms with Crippen LogP contribution in [0.25, 0.3) is 10.9 Å². The summed E-state index contributed by atoms with van der Waals surface area (Å²) in [5.41, 5.74) is 4.22. The van der Waals surface area contributed by atoms with Gasteiger partial charge < -0.3 is 35.1 Å². The SMILES string of the molecule is COc1ccc2cc1OCCCN(C(=O)CCc1ccc(=O)[nH]n1)CC(=O)N[C@@H]([C@@H](C)O)C(=O)NCCc1c([nH]c3ccccc13)C2. The van der Waals surface area contributed by atoms with Crippen LogP contribution < -0.4 is 25.7 Å². The Labute approximate surface area is 271 Å². The first-order valence-corrected chi connectivity index (χ1v) is 15.7. The lowest BCUT2D eigenvalue weighted by Crippen LogP contribution is -2.55. The van der Waals surface area contributed by atoms with Crippen LogP contribution in [0.5, 0.6) is 11.5 Å². The van der Waals surface area contributed by atoms with Gasteiger partial charge in [-0.2, -0.15) is 5.10 Å². The van der Waals surface area contributed by atoms with Crippen LogP contribution in [0.3, 0.4) is 0 Å². The minimum atomic E-state index is -1.22. The van der Waals surface area contributed by atoms with Gasteiger partial charge in [-0.05, 0) is 55.2 Å². The van der Waals surface area contributed by atoms with Crippen LogP contribution >= 0.6 is 0 Å². The topological polar surface area (TPSA) is 179 Å². The van der Waals surface area contributed by atoms with Crippen molar-refractivity contribution in [3.63, 3.8) is 0 Å². The van der Waals surface area contributed by atoms with Gasteiger partial charge in [-0.15, -0.1) is 0 Å². The Kier molecular flexibility index (Phi) is 10.9. The Hall–Kier alpha value is -5.17. The molecule has 0 saturated heterocycles. The third-order valence-corrected chi connectivity index (χ3v) is 8.12. The van der Waals surface area contributed by atoms with Crippen molar-refractivity contribution >= 4 is 28.6 Å².